The second-order valence-corrected chi connectivity index (χ2v) is 5.77. The van der Waals surface area contributed by atoms with Gasteiger partial charge in [0.15, 0.2) is 0 Å². The average Bonchev–Trinajstić information content (AvgIpc) is 2.46. The molecule has 0 aliphatic rings. The van der Waals surface area contributed by atoms with Crippen LogP contribution in [0.1, 0.15) is 36.1 Å². The third-order valence-corrected chi connectivity index (χ3v) is 3.78. The van der Waals surface area contributed by atoms with Gasteiger partial charge in [-0.2, -0.15) is 0 Å². The highest BCUT2D eigenvalue weighted by atomic mass is 14.7. The van der Waals surface area contributed by atoms with Gasteiger partial charge < -0.3 is 0 Å². The van der Waals surface area contributed by atoms with Crippen molar-refractivity contribution in [3.05, 3.63) is 71.3 Å². The highest BCUT2D eigenvalue weighted by molar-refractivity contribution is 5.90. The van der Waals surface area contributed by atoms with E-state index in [9.17, 15) is 0 Å². The number of rotatable bonds is 4. The Kier molecular flexibility index (Phi) is 4.74. The van der Waals surface area contributed by atoms with Crippen LogP contribution >= 0.6 is 0 Å². The molecule has 0 aliphatic heterocycles. The molecule has 0 spiro atoms. The van der Waals surface area contributed by atoms with Crippen molar-refractivity contribution in [1.82, 2.24) is 0 Å². The van der Waals surface area contributed by atoms with Gasteiger partial charge in [-0.15, -0.1) is 0 Å². The summed E-state index contributed by atoms with van der Waals surface area (Å²) in [5, 5.41) is 0. The number of nitrogens with zero attached hydrogens (tertiary/aromatic N) is 1. The van der Waals surface area contributed by atoms with Crippen LogP contribution in [0.4, 0.5) is 5.69 Å². The molecule has 0 aliphatic carbocycles. The largest absolute Gasteiger partial charge is 0.256 e. The van der Waals surface area contributed by atoms with Gasteiger partial charge >= 0.3 is 0 Å². The van der Waals surface area contributed by atoms with E-state index >= 15 is 0 Å². The van der Waals surface area contributed by atoms with Crippen LogP contribution in [0.15, 0.2) is 54.0 Å². The molecule has 0 N–H and O–H groups in total. The van der Waals surface area contributed by atoms with E-state index in [-0.39, 0.29) is 0 Å². The molecule has 0 radical (unpaired) electrons. The normalized spacial score (nSPS) is 11.3. The predicted octanol–water partition coefficient (Wildman–Crippen LogP) is 5.72. The molecule has 0 saturated carbocycles. The molecule has 0 fully saturated rings. The topological polar surface area (TPSA) is 12.4 Å². The van der Waals surface area contributed by atoms with E-state index < -0.39 is 0 Å². The van der Waals surface area contributed by atoms with Gasteiger partial charge in [-0.3, -0.25) is 4.99 Å². The molecule has 1 heteroatoms. The molecular formula is C20H23N. The van der Waals surface area contributed by atoms with Crippen molar-refractivity contribution in [2.75, 3.05) is 0 Å². The molecule has 21 heavy (non-hydrogen) atoms. The summed E-state index contributed by atoms with van der Waals surface area (Å²) in [5.41, 5.74) is 6.92. The third-order valence-electron chi connectivity index (χ3n) is 3.78. The fourth-order valence-corrected chi connectivity index (χ4v) is 2.36. The lowest BCUT2D eigenvalue weighted by Gasteiger charge is -2.12. The summed E-state index contributed by atoms with van der Waals surface area (Å²) in [6.07, 6.45) is 1.96. The Morgan fingerprint density at radius 1 is 1.00 bits per heavy atom. The molecule has 0 amide bonds. The number of allylic oxidation sites excluding steroid dienone is 1. The van der Waals surface area contributed by atoms with Gasteiger partial charge in [-0.05, 0) is 42.0 Å². The van der Waals surface area contributed by atoms with Gasteiger partial charge in [0.25, 0.3) is 0 Å². The Balaban J connectivity index is 2.40. The van der Waals surface area contributed by atoms with Crippen LogP contribution in [-0.2, 0) is 0 Å². The second-order valence-electron chi connectivity index (χ2n) is 5.77. The average molecular weight is 277 g/mol. The van der Waals surface area contributed by atoms with Crippen molar-refractivity contribution in [1.29, 1.82) is 0 Å². The smallest absolute Gasteiger partial charge is 0.0688 e. The minimum absolute atomic E-state index is 0.430. The Labute approximate surface area is 128 Å². The zero-order valence-electron chi connectivity index (χ0n) is 13.4. The van der Waals surface area contributed by atoms with Crippen molar-refractivity contribution in [2.45, 2.75) is 27.7 Å². The first kappa shape index (κ1) is 15.2. The Hall–Kier alpha value is -2.15. The summed E-state index contributed by atoms with van der Waals surface area (Å²) in [4.78, 5) is 4.71. The van der Waals surface area contributed by atoms with E-state index in [1.807, 2.05) is 12.3 Å². The molecule has 2 aromatic carbocycles. The molecule has 108 valence electrons. The highest BCUT2D eigenvalue weighted by Crippen LogP contribution is 2.26. The summed E-state index contributed by atoms with van der Waals surface area (Å²) >= 11 is 0. The van der Waals surface area contributed by atoms with Gasteiger partial charge in [0.1, 0.15) is 0 Å². The van der Waals surface area contributed by atoms with Crippen LogP contribution < -0.4 is 0 Å². The van der Waals surface area contributed by atoms with Crippen LogP contribution in [0.25, 0.3) is 5.57 Å². The fourth-order valence-electron chi connectivity index (χ4n) is 2.36. The number of aliphatic imine (C=N–C) groups is 1. The van der Waals surface area contributed by atoms with E-state index in [1.165, 1.54) is 16.7 Å². The fraction of sp³-hybridized carbons (Fsp3) is 0.250. The quantitative estimate of drug-likeness (QED) is 0.633. The number of benzene rings is 2. The van der Waals surface area contributed by atoms with E-state index in [4.69, 9.17) is 4.99 Å². The number of hydrogen-bond acceptors (Lipinski definition) is 1. The highest BCUT2D eigenvalue weighted by Gasteiger charge is 2.07. The van der Waals surface area contributed by atoms with Crippen molar-refractivity contribution >= 4 is 17.5 Å². The molecule has 0 atom stereocenters. The maximum absolute atomic E-state index is 4.71. The first-order valence-corrected chi connectivity index (χ1v) is 7.39. The van der Waals surface area contributed by atoms with Crippen LogP contribution in [0.3, 0.4) is 0 Å². The molecule has 0 heterocycles. The van der Waals surface area contributed by atoms with E-state index in [2.05, 4.69) is 70.7 Å². The van der Waals surface area contributed by atoms with Gasteiger partial charge in [-0.25, -0.2) is 0 Å². The standard InChI is InChI=1S/C20H23N/c1-14(2)17(5)19-12-7-6-11-18(19)13-21-20-15(3)9-8-10-16(20)4/h6-14H,5H2,1-4H3/b21-13-. The summed E-state index contributed by atoms with van der Waals surface area (Å²) in [6.45, 7) is 12.7. The van der Waals surface area contributed by atoms with Crippen molar-refractivity contribution in [3.63, 3.8) is 0 Å². The first-order valence-electron chi connectivity index (χ1n) is 7.39. The van der Waals surface area contributed by atoms with Gasteiger partial charge in [-0.1, -0.05) is 62.9 Å². The van der Waals surface area contributed by atoms with Crippen LogP contribution in [-0.4, -0.2) is 6.21 Å². The van der Waals surface area contributed by atoms with Crippen LogP contribution in [0.2, 0.25) is 0 Å². The molecule has 0 unspecified atom stereocenters. The Bertz CT molecular complexity index is 658. The maximum atomic E-state index is 4.71. The van der Waals surface area contributed by atoms with Gasteiger partial charge in [0, 0.05) is 11.8 Å². The summed E-state index contributed by atoms with van der Waals surface area (Å²) in [6, 6.07) is 14.6. The molecule has 0 aromatic heterocycles. The molecule has 1 nitrogen and oxygen atoms in total. The number of hydrogen-bond donors (Lipinski definition) is 0. The summed E-state index contributed by atoms with van der Waals surface area (Å²) in [5.74, 6) is 0.430. The van der Waals surface area contributed by atoms with E-state index in [0.29, 0.717) is 5.92 Å². The lowest BCUT2D eigenvalue weighted by Crippen LogP contribution is -1.97. The minimum atomic E-state index is 0.430. The number of aryl methyl sites for hydroxylation is 2. The SMILES string of the molecule is C=C(c1ccccc1/C=N\c1c(C)cccc1C)C(C)C. The zero-order chi connectivity index (χ0) is 15.4. The lowest BCUT2D eigenvalue weighted by molar-refractivity contribution is 0.857. The molecule has 2 aromatic rings. The minimum Gasteiger partial charge on any atom is -0.256 e. The van der Waals surface area contributed by atoms with Gasteiger partial charge in [0.05, 0.1) is 5.69 Å². The van der Waals surface area contributed by atoms with Crippen LogP contribution in [0.5, 0.6) is 0 Å². The van der Waals surface area contributed by atoms with Gasteiger partial charge in [0.2, 0.25) is 0 Å². The Morgan fingerprint density at radius 3 is 2.24 bits per heavy atom. The van der Waals surface area contributed by atoms with Crippen molar-refractivity contribution < 1.29 is 0 Å². The lowest BCUT2D eigenvalue weighted by atomic mass is 9.93. The molecule has 0 saturated heterocycles. The number of para-hydroxylation sites is 1. The van der Waals surface area contributed by atoms with E-state index in [0.717, 1.165) is 16.8 Å². The second kappa shape index (κ2) is 6.53. The third kappa shape index (κ3) is 3.49. The summed E-state index contributed by atoms with van der Waals surface area (Å²) in [7, 11) is 0. The molecule has 0 bridgehead atoms. The molecule has 2 rings (SSSR count). The predicted molar refractivity (Wildman–Crippen MR) is 93.5 cm³/mol. The molecular weight excluding hydrogens is 254 g/mol. The van der Waals surface area contributed by atoms with E-state index in [1.54, 1.807) is 0 Å². The van der Waals surface area contributed by atoms with Crippen molar-refractivity contribution in [3.8, 4) is 0 Å². The summed E-state index contributed by atoms with van der Waals surface area (Å²) < 4.78 is 0. The first-order chi connectivity index (χ1) is 10.0. The van der Waals surface area contributed by atoms with Crippen molar-refractivity contribution in [2.24, 2.45) is 10.9 Å². The zero-order valence-corrected chi connectivity index (χ0v) is 13.4. The van der Waals surface area contributed by atoms with Crippen LogP contribution in [0, 0.1) is 19.8 Å². The monoisotopic (exact) mass is 277 g/mol. The maximum Gasteiger partial charge on any atom is 0.0688 e. The Morgan fingerprint density at radius 2 is 1.62 bits per heavy atom.